The molecule has 2 N–H and O–H groups in total. The minimum absolute atomic E-state index is 0.440. The van der Waals surface area contributed by atoms with E-state index in [1.54, 1.807) is 5.48 Å². The summed E-state index contributed by atoms with van der Waals surface area (Å²) in [5.41, 5.74) is 6.90. The highest BCUT2D eigenvalue weighted by Crippen LogP contribution is 2.27. The fraction of sp³-hybridized carbons (Fsp3) is 0.0952. The van der Waals surface area contributed by atoms with E-state index in [-0.39, 0.29) is 0 Å². The van der Waals surface area contributed by atoms with E-state index >= 15 is 0 Å². The van der Waals surface area contributed by atoms with Crippen molar-refractivity contribution in [2.75, 3.05) is 0 Å². The topological polar surface area (TPSA) is 49.3 Å². The summed E-state index contributed by atoms with van der Waals surface area (Å²) < 4.78 is 0. The van der Waals surface area contributed by atoms with Crippen LogP contribution in [0.4, 0.5) is 0 Å². The molecule has 3 rings (SSSR count). The molecule has 3 nitrogen and oxygen atoms in total. The van der Waals surface area contributed by atoms with Crippen LogP contribution in [-0.4, -0.2) is 11.1 Å². The predicted octanol–water partition coefficient (Wildman–Crippen LogP) is 4.30. The Morgan fingerprint density at radius 3 is 1.83 bits per heavy atom. The van der Waals surface area contributed by atoms with Gasteiger partial charge >= 0.3 is 0 Å². The van der Waals surface area contributed by atoms with Crippen molar-refractivity contribution >= 4 is 5.91 Å². The number of aryl methyl sites for hydroxylation is 1. The Hall–Kier alpha value is -2.91. The molecular weight excluding hydrogens is 298 g/mol. The summed E-state index contributed by atoms with van der Waals surface area (Å²) in [4.78, 5) is 12.1. The Labute approximate surface area is 141 Å². The standard InChI is InChI=1S/C21H19NO2/c1-15-7-9-16(10-8-15)17-11-13-19(14-12-17)20(21(23)22-24)18-5-3-2-4-6-18/h2-14,20,24H,1H3,(H,22,23). The third-order valence-electron chi connectivity index (χ3n) is 4.13. The second-order valence-corrected chi connectivity index (χ2v) is 5.81. The van der Waals surface area contributed by atoms with Crippen LogP contribution in [0.2, 0.25) is 0 Å². The first-order chi connectivity index (χ1) is 11.7. The van der Waals surface area contributed by atoms with Crippen molar-refractivity contribution < 1.29 is 10.0 Å². The number of rotatable bonds is 4. The lowest BCUT2D eigenvalue weighted by atomic mass is 9.89. The fourth-order valence-electron chi connectivity index (χ4n) is 2.82. The molecule has 0 saturated carbocycles. The van der Waals surface area contributed by atoms with Crippen molar-refractivity contribution in [3.05, 3.63) is 95.6 Å². The molecule has 1 amide bonds. The summed E-state index contributed by atoms with van der Waals surface area (Å²) in [6.45, 7) is 2.06. The monoisotopic (exact) mass is 317 g/mol. The van der Waals surface area contributed by atoms with Crippen LogP contribution in [0.15, 0.2) is 78.9 Å². The molecule has 1 unspecified atom stereocenters. The van der Waals surface area contributed by atoms with E-state index in [1.165, 1.54) is 5.56 Å². The second-order valence-electron chi connectivity index (χ2n) is 5.81. The van der Waals surface area contributed by atoms with Gasteiger partial charge < -0.3 is 0 Å². The fourth-order valence-corrected chi connectivity index (χ4v) is 2.82. The van der Waals surface area contributed by atoms with Crippen molar-refractivity contribution in [3.8, 4) is 11.1 Å². The summed E-state index contributed by atoms with van der Waals surface area (Å²) in [5, 5.41) is 9.09. The van der Waals surface area contributed by atoms with Crippen LogP contribution in [0, 0.1) is 6.92 Å². The number of hydroxylamine groups is 1. The molecule has 0 aliphatic carbocycles. The Morgan fingerprint density at radius 1 is 0.792 bits per heavy atom. The van der Waals surface area contributed by atoms with Gasteiger partial charge in [0.1, 0.15) is 0 Å². The zero-order valence-electron chi connectivity index (χ0n) is 13.4. The van der Waals surface area contributed by atoms with Gasteiger partial charge in [0, 0.05) is 0 Å². The van der Waals surface area contributed by atoms with E-state index in [9.17, 15) is 4.79 Å². The van der Waals surface area contributed by atoms with Crippen LogP contribution in [0.25, 0.3) is 11.1 Å². The molecule has 1 atom stereocenters. The van der Waals surface area contributed by atoms with Gasteiger partial charge in [0.25, 0.3) is 5.91 Å². The van der Waals surface area contributed by atoms with Crippen molar-refractivity contribution in [2.24, 2.45) is 0 Å². The molecular formula is C21H19NO2. The third kappa shape index (κ3) is 3.36. The van der Waals surface area contributed by atoms with Gasteiger partial charge in [-0.1, -0.05) is 84.4 Å². The van der Waals surface area contributed by atoms with Crippen LogP contribution in [0.3, 0.4) is 0 Å². The zero-order valence-corrected chi connectivity index (χ0v) is 13.4. The quantitative estimate of drug-likeness (QED) is 0.557. The SMILES string of the molecule is Cc1ccc(-c2ccc(C(C(=O)NO)c3ccccc3)cc2)cc1. The number of hydrogen-bond acceptors (Lipinski definition) is 2. The first-order valence-electron chi connectivity index (χ1n) is 7.85. The van der Waals surface area contributed by atoms with Gasteiger partial charge in [-0.15, -0.1) is 0 Å². The maximum Gasteiger partial charge on any atom is 0.255 e. The Balaban J connectivity index is 1.95. The van der Waals surface area contributed by atoms with E-state index in [0.29, 0.717) is 0 Å². The number of carbonyl (C=O) groups excluding carboxylic acids is 1. The molecule has 3 heteroatoms. The van der Waals surface area contributed by atoms with E-state index in [2.05, 4.69) is 31.2 Å². The number of carbonyl (C=O) groups is 1. The Kier molecular flexibility index (Phi) is 4.73. The smallest absolute Gasteiger partial charge is 0.255 e. The molecule has 0 bridgehead atoms. The first-order valence-corrected chi connectivity index (χ1v) is 7.85. The normalized spacial score (nSPS) is 11.8. The van der Waals surface area contributed by atoms with Gasteiger partial charge in [-0.25, -0.2) is 5.48 Å². The number of benzene rings is 3. The summed E-state index contributed by atoms with van der Waals surface area (Å²) in [6.07, 6.45) is 0. The van der Waals surface area contributed by atoms with Gasteiger partial charge in [0.2, 0.25) is 0 Å². The van der Waals surface area contributed by atoms with Gasteiger partial charge in [-0.3, -0.25) is 10.0 Å². The molecule has 0 radical (unpaired) electrons. The maximum atomic E-state index is 12.1. The van der Waals surface area contributed by atoms with E-state index in [0.717, 1.165) is 22.3 Å². The third-order valence-corrected chi connectivity index (χ3v) is 4.13. The molecule has 0 spiro atoms. The Bertz CT molecular complexity index is 809. The molecule has 3 aromatic carbocycles. The summed E-state index contributed by atoms with van der Waals surface area (Å²) in [5.74, 6) is -0.979. The molecule has 0 saturated heterocycles. The summed E-state index contributed by atoms with van der Waals surface area (Å²) in [7, 11) is 0. The maximum absolute atomic E-state index is 12.1. The largest absolute Gasteiger partial charge is 0.289 e. The molecule has 3 aromatic rings. The number of hydrogen-bond donors (Lipinski definition) is 2. The highest BCUT2D eigenvalue weighted by molar-refractivity contribution is 5.86. The van der Waals surface area contributed by atoms with Crippen molar-refractivity contribution in [1.29, 1.82) is 0 Å². The lowest BCUT2D eigenvalue weighted by Crippen LogP contribution is -2.27. The predicted molar refractivity (Wildman–Crippen MR) is 94.8 cm³/mol. The molecule has 0 heterocycles. The molecule has 0 aliphatic heterocycles. The van der Waals surface area contributed by atoms with Crippen LogP contribution < -0.4 is 5.48 Å². The van der Waals surface area contributed by atoms with Crippen LogP contribution in [0.5, 0.6) is 0 Å². The number of nitrogens with one attached hydrogen (secondary N) is 1. The van der Waals surface area contributed by atoms with Gasteiger partial charge in [0.15, 0.2) is 0 Å². The average molecular weight is 317 g/mol. The second kappa shape index (κ2) is 7.11. The van der Waals surface area contributed by atoms with Crippen LogP contribution >= 0.6 is 0 Å². The van der Waals surface area contributed by atoms with E-state index in [4.69, 9.17) is 5.21 Å². The highest BCUT2D eigenvalue weighted by Gasteiger charge is 2.22. The number of amides is 1. The molecule has 24 heavy (non-hydrogen) atoms. The molecule has 0 fully saturated rings. The molecule has 0 aliphatic rings. The molecule has 0 aromatic heterocycles. The van der Waals surface area contributed by atoms with Crippen LogP contribution in [-0.2, 0) is 4.79 Å². The summed E-state index contributed by atoms with van der Waals surface area (Å²) in [6, 6.07) is 25.6. The zero-order chi connectivity index (χ0) is 16.9. The van der Waals surface area contributed by atoms with Gasteiger partial charge in [-0.05, 0) is 29.2 Å². The van der Waals surface area contributed by atoms with Crippen molar-refractivity contribution in [1.82, 2.24) is 5.48 Å². The van der Waals surface area contributed by atoms with Crippen molar-refractivity contribution in [2.45, 2.75) is 12.8 Å². The summed E-state index contributed by atoms with van der Waals surface area (Å²) >= 11 is 0. The van der Waals surface area contributed by atoms with Gasteiger partial charge in [0.05, 0.1) is 5.92 Å². The van der Waals surface area contributed by atoms with Gasteiger partial charge in [-0.2, -0.15) is 0 Å². The Morgan fingerprint density at radius 2 is 1.29 bits per heavy atom. The minimum atomic E-state index is -0.539. The lowest BCUT2D eigenvalue weighted by Gasteiger charge is -2.16. The van der Waals surface area contributed by atoms with E-state index in [1.807, 2.05) is 54.6 Å². The van der Waals surface area contributed by atoms with Crippen molar-refractivity contribution in [3.63, 3.8) is 0 Å². The minimum Gasteiger partial charge on any atom is -0.289 e. The lowest BCUT2D eigenvalue weighted by molar-refractivity contribution is -0.129. The first kappa shape index (κ1) is 16.0. The van der Waals surface area contributed by atoms with Crippen LogP contribution in [0.1, 0.15) is 22.6 Å². The molecule has 120 valence electrons. The average Bonchev–Trinajstić information content (AvgIpc) is 2.64. The highest BCUT2D eigenvalue weighted by atomic mass is 16.5. The van der Waals surface area contributed by atoms with E-state index < -0.39 is 11.8 Å².